The number of amides is 2. The maximum absolute atomic E-state index is 11.7. The van der Waals surface area contributed by atoms with Crippen molar-refractivity contribution >= 4 is 29.2 Å². The van der Waals surface area contributed by atoms with E-state index in [4.69, 9.17) is 28.3 Å². The summed E-state index contributed by atoms with van der Waals surface area (Å²) in [6.07, 6.45) is 0.561. The number of aliphatic hydroxyl groups is 1. The second kappa shape index (κ2) is 7.58. The van der Waals surface area contributed by atoms with E-state index in [0.29, 0.717) is 23.0 Å². The molecule has 0 fully saturated rings. The predicted molar refractivity (Wildman–Crippen MR) is 77.9 cm³/mol. The van der Waals surface area contributed by atoms with Gasteiger partial charge in [-0.1, -0.05) is 29.3 Å². The first kappa shape index (κ1) is 16.1. The highest BCUT2D eigenvalue weighted by molar-refractivity contribution is 6.35. The molecule has 0 aliphatic carbocycles. The minimum absolute atomic E-state index is 0.0692. The Labute approximate surface area is 123 Å². The number of rotatable bonds is 5. The van der Waals surface area contributed by atoms with Crippen molar-refractivity contribution in [2.45, 2.75) is 19.4 Å². The van der Waals surface area contributed by atoms with Gasteiger partial charge in [0.2, 0.25) is 0 Å². The van der Waals surface area contributed by atoms with Gasteiger partial charge in [0.25, 0.3) is 0 Å². The molecular weight excluding hydrogens is 287 g/mol. The molecule has 0 saturated carbocycles. The fourth-order valence-electron chi connectivity index (χ4n) is 1.51. The Morgan fingerprint density at radius 3 is 2.53 bits per heavy atom. The van der Waals surface area contributed by atoms with Crippen molar-refractivity contribution in [1.82, 2.24) is 10.2 Å². The zero-order valence-corrected chi connectivity index (χ0v) is 12.5. The topological polar surface area (TPSA) is 52.6 Å². The summed E-state index contributed by atoms with van der Waals surface area (Å²) in [5.74, 6) is 0. The molecule has 4 nitrogen and oxygen atoms in total. The van der Waals surface area contributed by atoms with Gasteiger partial charge in [-0.25, -0.2) is 4.79 Å². The number of carbonyl (C=O) groups excluding carboxylic acids is 1. The minimum atomic E-state index is -0.232. The summed E-state index contributed by atoms with van der Waals surface area (Å²) in [7, 11) is 1.64. The van der Waals surface area contributed by atoms with Crippen LogP contribution in [0.4, 0.5) is 4.79 Å². The summed E-state index contributed by atoms with van der Waals surface area (Å²) in [5.41, 5.74) is 0.823. The standard InChI is InChI=1S/C13H18Cl2N2O2/c1-9(8-18)17(2)13(19)16-7-6-10-11(14)4-3-5-12(10)15/h3-5,9,18H,6-8H2,1-2H3,(H,16,19). The first-order valence-corrected chi connectivity index (χ1v) is 6.77. The van der Waals surface area contributed by atoms with E-state index in [0.717, 1.165) is 5.56 Å². The van der Waals surface area contributed by atoms with E-state index in [1.54, 1.807) is 32.2 Å². The first-order valence-electron chi connectivity index (χ1n) is 6.01. The fourth-order valence-corrected chi connectivity index (χ4v) is 2.10. The first-order chi connectivity index (χ1) is 8.97. The van der Waals surface area contributed by atoms with Crippen LogP contribution in [-0.4, -0.2) is 42.3 Å². The van der Waals surface area contributed by atoms with E-state index >= 15 is 0 Å². The van der Waals surface area contributed by atoms with Crippen LogP contribution in [0.5, 0.6) is 0 Å². The monoisotopic (exact) mass is 304 g/mol. The van der Waals surface area contributed by atoms with Gasteiger partial charge < -0.3 is 15.3 Å². The third-order valence-corrected chi connectivity index (χ3v) is 3.67. The lowest BCUT2D eigenvalue weighted by Crippen LogP contribution is -2.44. The summed E-state index contributed by atoms with van der Waals surface area (Å²) in [5, 5.41) is 12.9. The van der Waals surface area contributed by atoms with Gasteiger partial charge in [0.05, 0.1) is 12.6 Å². The molecule has 0 aliphatic rings. The Bertz CT molecular complexity index is 420. The number of likely N-dealkylation sites (N-methyl/N-ethyl adjacent to an activating group) is 1. The van der Waals surface area contributed by atoms with Crippen LogP contribution >= 0.6 is 23.2 Å². The Morgan fingerprint density at radius 2 is 2.00 bits per heavy atom. The molecule has 0 heterocycles. The number of urea groups is 1. The van der Waals surface area contributed by atoms with Crippen molar-refractivity contribution in [2.75, 3.05) is 20.2 Å². The van der Waals surface area contributed by atoms with Gasteiger partial charge in [-0.3, -0.25) is 0 Å². The molecular formula is C13H18Cl2N2O2. The van der Waals surface area contributed by atoms with Gasteiger partial charge in [-0.05, 0) is 31.0 Å². The van der Waals surface area contributed by atoms with E-state index in [9.17, 15) is 4.79 Å². The summed E-state index contributed by atoms with van der Waals surface area (Å²) < 4.78 is 0. The quantitative estimate of drug-likeness (QED) is 0.878. The van der Waals surface area contributed by atoms with E-state index in [1.807, 2.05) is 0 Å². The number of carbonyl (C=O) groups is 1. The van der Waals surface area contributed by atoms with Crippen molar-refractivity contribution in [2.24, 2.45) is 0 Å². The molecule has 1 unspecified atom stereocenters. The molecule has 1 aromatic carbocycles. The van der Waals surface area contributed by atoms with Crippen molar-refractivity contribution in [1.29, 1.82) is 0 Å². The van der Waals surface area contributed by atoms with E-state index < -0.39 is 0 Å². The second-order valence-corrected chi connectivity index (χ2v) is 5.14. The number of nitrogens with one attached hydrogen (secondary N) is 1. The molecule has 2 amide bonds. The summed E-state index contributed by atoms with van der Waals surface area (Å²) in [4.78, 5) is 13.2. The number of halogens is 2. The Hall–Kier alpha value is -0.970. The fraction of sp³-hybridized carbons (Fsp3) is 0.462. The third kappa shape index (κ3) is 4.56. The smallest absolute Gasteiger partial charge is 0.317 e. The number of benzene rings is 1. The molecule has 1 atom stereocenters. The van der Waals surface area contributed by atoms with Crippen LogP contribution in [0.3, 0.4) is 0 Å². The van der Waals surface area contributed by atoms with Crippen LogP contribution in [0.15, 0.2) is 18.2 Å². The lowest BCUT2D eigenvalue weighted by atomic mass is 10.1. The molecule has 19 heavy (non-hydrogen) atoms. The van der Waals surface area contributed by atoms with Gasteiger partial charge in [0.1, 0.15) is 0 Å². The molecule has 0 bridgehead atoms. The maximum Gasteiger partial charge on any atom is 0.317 e. The lowest BCUT2D eigenvalue weighted by Gasteiger charge is -2.23. The molecule has 0 radical (unpaired) electrons. The highest BCUT2D eigenvalue weighted by Crippen LogP contribution is 2.24. The molecule has 0 spiro atoms. The molecule has 2 N–H and O–H groups in total. The molecule has 0 saturated heterocycles. The van der Waals surface area contributed by atoms with Crippen molar-refractivity contribution < 1.29 is 9.90 Å². The van der Waals surface area contributed by atoms with Gasteiger partial charge in [-0.15, -0.1) is 0 Å². The molecule has 1 aromatic rings. The van der Waals surface area contributed by atoms with Crippen LogP contribution in [0.1, 0.15) is 12.5 Å². The summed E-state index contributed by atoms with van der Waals surface area (Å²) >= 11 is 12.1. The van der Waals surface area contributed by atoms with Gasteiger partial charge in [0.15, 0.2) is 0 Å². The van der Waals surface area contributed by atoms with Crippen molar-refractivity contribution in [3.63, 3.8) is 0 Å². The molecule has 106 valence electrons. The maximum atomic E-state index is 11.7. The number of hydrogen-bond donors (Lipinski definition) is 2. The number of aliphatic hydroxyl groups excluding tert-OH is 1. The number of hydrogen-bond acceptors (Lipinski definition) is 2. The predicted octanol–water partition coefficient (Wildman–Crippen LogP) is 2.56. The van der Waals surface area contributed by atoms with Crippen LogP contribution in [0.25, 0.3) is 0 Å². The largest absolute Gasteiger partial charge is 0.394 e. The van der Waals surface area contributed by atoms with Crippen LogP contribution in [0, 0.1) is 0 Å². The normalized spacial score (nSPS) is 12.1. The molecule has 1 rings (SSSR count). The van der Waals surface area contributed by atoms with Crippen molar-refractivity contribution in [3.8, 4) is 0 Å². The second-order valence-electron chi connectivity index (χ2n) is 4.32. The van der Waals surface area contributed by atoms with Gasteiger partial charge >= 0.3 is 6.03 Å². The van der Waals surface area contributed by atoms with Crippen LogP contribution in [0.2, 0.25) is 10.0 Å². The van der Waals surface area contributed by atoms with Crippen LogP contribution in [-0.2, 0) is 6.42 Å². The molecule has 6 heteroatoms. The highest BCUT2D eigenvalue weighted by Gasteiger charge is 2.14. The Morgan fingerprint density at radius 1 is 1.42 bits per heavy atom. The van der Waals surface area contributed by atoms with Gasteiger partial charge in [-0.2, -0.15) is 0 Å². The third-order valence-electron chi connectivity index (χ3n) is 2.96. The number of nitrogens with zero attached hydrogens (tertiary/aromatic N) is 1. The molecule has 0 aromatic heterocycles. The van der Waals surface area contributed by atoms with Gasteiger partial charge in [0, 0.05) is 23.6 Å². The minimum Gasteiger partial charge on any atom is -0.394 e. The molecule has 0 aliphatic heterocycles. The van der Waals surface area contributed by atoms with E-state index in [2.05, 4.69) is 5.32 Å². The SMILES string of the molecule is CC(CO)N(C)C(=O)NCCc1c(Cl)cccc1Cl. The zero-order valence-electron chi connectivity index (χ0n) is 11.0. The van der Waals surface area contributed by atoms with Crippen LogP contribution < -0.4 is 5.32 Å². The van der Waals surface area contributed by atoms with E-state index in [-0.39, 0.29) is 18.7 Å². The van der Waals surface area contributed by atoms with E-state index in [1.165, 1.54) is 4.90 Å². The lowest BCUT2D eigenvalue weighted by molar-refractivity contribution is 0.157. The highest BCUT2D eigenvalue weighted by atomic mass is 35.5. The summed E-state index contributed by atoms with van der Waals surface area (Å²) in [6.45, 7) is 2.13. The Kier molecular flexibility index (Phi) is 6.42. The zero-order chi connectivity index (χ0) is 14.4. The average molecular weight is 305 g/mol. The Balaban J connectivity index is 2.49. The average Bonchev–Trinajstić information content (AvgIpc) is 2.40. The van der Waals surface area contributed by atoms with Crippen molar-refractivity contribution in [3.05, 3.63) is 33.8 Å². The summed E-state index contributed by atoms with van der Waals surface area (Å²) in [6, 6.07) is 4.87.